The van der Waals surface area contributed by atoms with Gasteiger partial charge < -0.3 is 14.6 Å². The van der Waals surface area contributed by atoms with E-state index in [1.54, 1.807) is 0 Å². The lowest BCUT2D eigenvalue weighted by molar-refractivity contribution is -0.0947. The van der Waals surface area contributed by atoms with Crippen LogP contribution in [0.15, 0.2) is 0 Å². The summed E-state index contributed by atoms with van der Waals surface area (Å²) < 4.78 is 10.7. The molecule has 96 valence electrons. The molecule has 0 aromatic carbocycles. The number of nitrogens with zero attached hydrogens (tertiary/aromatic N) is 1. The Morgan fingerprint density at radius 3 is 2.50 bits per heavy atom. The zero-order valence-corrected chi connectivity index (χ0v) is 10.7. The summed E-state index contributed by atoms with van der Waals surface area (Å²) in [5, 5.41) is 10.2. The average Bonchev–Trinajstić information content (AvgIpc) is 2.35. The molecule has 2 atom stereocenters. The van der Waals surface area contributed by atoms with Crippen molar-refractivity contribution in [3.8, 4) is 0 Å². The van der Waals surface area contributed by atoms with Gasteiger partial charge in [-0.2, -0.15) is 0 Å². The molecule has 1 saturated heterocycles. The second-order valence-electron chi connectivity index (χ2n) is 4.49. The monoisotopic (exact) mass is 231 g/mol. The number of rotatable bonds is 6. The van der Waals surface area contributed by atoms with Crippen LogP contribution in [0.1, 0.15) is 27.2 Å². The largest absolute Gasteiger partial charge is 0.389 e. The van der Waals surface area contributed by atoms with Crippen molar-refractivity contribution in [1.82, 2.24) is 4.90 Å². The first-order valence-corrected chi connectivity index (χ1v) is 6.23. The molecule has 0 saturated carbocycles. The maximum Gasteiger partial charge on any atom is 0.0953 e. The van der Waals surface area contributed by atoms with Crippen LogP contribution in [-0.2, 0) is 9.47 Å². The molecule has 4 heteroatoms. The summed E-state index contributed by atoms with van der Waals surface area (Å²) in [6.45, 7) is 10.6. The van der Waals surface area contributed by atoms with Crippen molar-refractivity contribution in [2.24, 2.45) is 0 Å². The smallest absolute Gasteiger partial charge is 0.0953 e. The Kier molecular flexibility index (Phi) is 5.69. The fourth-order valence-electron chi connectivity index (χ4n) is 2.15. The summed E-state index contributed by atoms with van der Waals surface area (Å²) in [5.41, 5.74) is -0.195. The first-order valence-electron chi connectivity index (χ1n) is 6.23. The van der Waals surface area contributed by atoms with E-state index in [4.69, 9.17) is 9.47 Å². The molecule has 1 aliphatic rings. The van der Waals surface area contributed by atoms with Crippen LogP contribution in [0.5, 0.6) is 0 Å². The van der Waals surface area contributed by atoms with Gasteiger partial charge in [0.05, 0.1) is 25.9 Å². The first-order chi connectivity index (χ1) is 7.65. The van der Waals surface area contributed by atoms with Crippen LogP contribution >= 0.6 is 0 Å². The molecule has 0 aromatic rings. The fourth-order valence-corrected chi connectivity index (χ4v) is 2.15. The molecule has 0 bridgehead atoms. The van der Waals surface area contributed by atoms with Crippen LogP contribution in [0.2, 0.25) is 0 Å². The SMILES string of the molecule is CCOCC(O)C(C)(CC)N1CCOCC1. The maximum atomic E-state index is 10.2. The normalized spacial score (nSPS) is 24.0. The predicted molar refractivity (Wildman–Crippen MR) is 63.6 cm³/mol. The maximum absolute atomic E-state index is 10.2. The highest BCUT2D eigenvalue weighted by Gasteiger charge is 2.37. The average molecular weight is 231 g/mol. The van der Waals surface area contributed by atoms with Crippen molar-refractivity contribution in [2.75, 3.05) is 39.5 Å². The molecule has 1 heterocycles. The van der Waals surface area contributed by atoms with Gasteiger partial charge in [0.1, 0.15) is 0 Å². The summed E-state index contributed by atoms with van der Waals surface area (Å²) in [6.07, 6.45) is 0.483. The number of hydrogen-bond donors (Lipinski definition) is 1. The number of aliphatic hydroxyl groups is 1. The van der Waals surface area contributed by atoms with Gasteiger partial charge in [0, 0.05) is 25.2 Å². The van der Waals surface area contributed by atoms with Gasteiger partial charge in [0.2, 0.25) is 0 Å². The molecule has 0 radical (unpaired) electrons. The molecule has 0 aliphatic carbocycles. The third-order valence-electron chi connectivity index (χ3n) is 3.65. The minimum absolute atomic E-state index is 0.195. The van der Waals surface area contributed by atoms with E-state index in [0.717, 1.165) is 32.7 Å². The molecular weight excluding hydrogens is 206 g/mol. The second-order valence-corrected chi connectivity index (χ2v) is 4.49. The van der Waals surface area contributed by atoms with Gasteiger partial charge in [-0.1, -0.05) is 6.92 Å². The Balaban J connectivity index is 2.58. The summed E-state index contributed by atoms with van der Waals surface area (Å²) in [7, 11) is 0. The zero-order chi connectivity index (χ0) is 12.0. The molecule has 1 fully saturated rings. The van der Waals surface area contributed by atoms with Crippen molar-refractivity contribution in [3.63, 3.8) is 0 Å². The molecule has 1 N–H and O–H groups in total. The number of morpholine rings is 1. The van der Waals surface area contributed by atoms with E-state index in [1.165, 1.54) is 0 Å². The van der Waals surface area contributed by atoms with Crippen LogP contribution in [-0.4, -0.2) is 61.2 Å². The number of hydrogen-bond acceptors (Lipinski definition) is 4. The summed E-state index contributed by atoms with van der Waals surface area (Å²) in [5.74, 6) is 0. The lowest BCUT2D eigenvalue weighted by Gasteiger charge is -2.45. The Hall–Kier alpha value is -0.160. The van der Waals surface area contributed by atoms with E-state index in [1.807, 2.05) is 6.92 Å². The first kappa shape index (κ1) is 13.9. The Labute approximate surface area is 98.5 Å². The van der Waals surface area contributed by atoms with Gasteiger partial charge in [0.25, 0.3) is 0 Å². The van der Waals surface area contributed by atoms with E-state index in [9.17, 15) is 5.11 Å². The number of aliphatic hydroxyl groups excluding tert-OH is 1. The van der Waals surface area contributed by atoms with Crippen LogP contribution in [0.25, 0.3) is 0 Å². The topological polar surface area (TPSA) is 41.9 Å². The quantitative estimate of drug-likeness (QED) is 0.737. The predicted octanol–water partition coefficient (Wildman–Crippen LogP) is 0.885. The molecule has 2 unspecified atom stereocenters. The van der Waals surface area contributed by atoms with Crippen LogP contribution < -0.4 is 0 Å². The van der Waals surface area contributed by atoms with Crippen LogP contribution in [0.3, 0.4) is 0 Å². The summed E-state index contributed by atoms with van der Waals surface area (Å²) >= 11 is 0. The van der Waals surface area contributed by atoms with E-state index < -0.39 is 6.10 Å². The summed E-state index contributed by atoms with van der Waals surface area (Å²) in [6, 6.07) is 0. The van der Waals surface area contributed by atoms with E-state index in [2.05, 4.69) is 18.7 Å². The molecule has 1 aliphatic heterocycles. The highest BCUT2D eigenvalue weighted by atomic mass is 16.5. The molecule has 16 heavy (non-hydrogen) atoms. The van der Waals surface area contributed by atoms with Crippen molar-refractivity contribution < 1.29 is 14.6 Å². The Morgan fingerprint density at radius 2 is 2.00 bits per heavy atom. The number of ether oxygens (including phenoxy) is 2. The van der Waals surface area contributed by atoms with E-state index >= 15 is 0 Å². The van der Waals surface area contributed by atoms with Gasteiger partial charge >= 0.3 is 0 Å². The zero-order valence-electron chi connectivity index (χ0n) is 10.7. The van der Waals surface area contributed by atoms with Crippen molar-refractivity contribution in [3.05, 3.63) is 0 Å². The Bertz CT molecular complexity index is 195. The molecule has 0 spiro atoms. The van der Waals surface area contributed by atoms with Crippen molar-refractivity contribution in [1.29, 1.82) is 0 Å². The minimum Gasteiger partial charge on any atom is -0.389 e. The van der Waals surface area contributed by atoms with E-state index in [-0.39, 0.29) is 5.54 Å². The molecule has 0 aromatic heterocycles. The van der Waals surface area contributed by atoms with Crippen LogP contribution in [0, 0.1) is 0 Å². The van der Waals surface area contributed by atoms with Gasteiger partial charge in [-0.15, -0.1) is 0 Å². The third kappa shape index (κ3) is 3.17. The van der Waals surface area contributed by atoms with Crippen molar-refractivity contribution >= 4 is 0 Å². The van der Waals surface area contributed by atoms with Gasteiger partial charge in [-0.05, 0) is 20.3 Å². The van der Waals surface area contributed by atoms with Gasteiger partial charge in [0.15, 0.2) is 0 Å². The molecular formula is C12H25NO3. The summed E-state index contributed by atoms with van der Waals surface area (Å²) in [4.78, 5) is 2.32. The van der Waals surface area contributed by atoms with Gasteiger partial charge in [-0.3, -0.25) is 4.90 Å². The molecule has 4 nitrogen and oxygen atoms in total. The van der Waals surface area contributed by atoms with E-state index in [0.29, 0.717) is 13.2 Å². The standard InChI is InChI=1S/C12H25NO3/c1-4-12(3,11(14)10-15-5-2)13-6-8-16-9-7-13/h11,14H,4-10H2,1-3H3. The Morgan fingerprint density at radius 1 is 1.38 bits per heavy atom. The lowest BCUT2D eigenvalue weighted by atomic mass is 9.89. The van der Waals surface area contributed by atoms with Crippen LogP contribution in [0.4, 0.5) is 0 Å². The highest BCUT2D eigenvalue weighted by molar-refractivity contribution is 4.92. The minimum atomic E-state index is -0.435. The van der Waals surface area contributed by atoms with Gasteiger partial charge in [-0.25, -0.2) is 0 Å². The third-order valence-corrected chi connectivity index (χ3v) is 3.65. The molecule has 1 rings (SSSR count). The molecule has 0 amide bonds. The second kappa shape index (κ2) is 6.55. The lowest BCUT2D eigenvalue weighted by Crippen LogP contribution is -2.59. The fraction of sp³-hybridized carbons (Fsp3) is 1.00. The van der Waals surface area contributed by atoms with Crippen molar-refractivity contribution in [2.45, 2.75) is 38.8 Å². The highest BCUT2D eigenvalue weighted by Crippen LogP contribution is 2.25.